The van der Waals surface area contributed by atoms with Crippen molar-refractivity contribution in [3.8, 4) is 0 Å². The molecule has 0 aliphatic heterocycles. The van der Waals surface area contributed by atoms with Crippen molar-refractivity contribution in [1.82, 2.24) is 5.32 Å². The Bertz CT molecular complexity index is 379. The van der Waals surface area contributed by atoms with E-state index in [0.29, 0.717) is 6.04 Å². The molecule has 1 unspecified atom stereocenters. The highest BCUT2D eigenvalue weighted by Gasteiger charge is 2.16. The van der Waals surface area contributed by atoms with Gasteiger partial charge in [0.05, 0.1) is 8.67 Å². The Kier molecular flexibility index (Phi) is 10.8. The first-order chi connectivity index (χ1) is 10.2. The van der Waals surface area contributed by atoms with Gasteiger partial charge in [-0.1, -0.05) is 82.0 Å². The van der Waals surface area contributed by atoms with Crippen molar-refractivity contribution in [2.45, 2.75) is 77.7 Å². The zero-order valence-electron chi connectivity index (χ0n) is 13.4. The van der Waals surface area contributed by atoms with Crippen molar-refractivity contribution in [3.63, 3.8) is 0 Å². The molecule has 0 amide bonds. The summed E-state index contributed by atoms with van der Waals surface area (Å²) < 4.78 is 1.63. The maximum Gasteiger partial charge on any atom is 0.0991 e. The second-order valence-electron chi connectivity index (χ2n) is 5.70. The van der Waals surface area contributed by atoms with E-state index < -0.39 is 0 Å². The lowest BCUT2D eigenvalue weighted by Gasteiger charge is -2.18. The largest absolute Gasteiger partial charge is 0.310 e. The van der Waals surface area contributed by atoms with Crippen LogP contribution in [0.5, 0.6) is 0 Å². The SMILES string of the molecule is CCCCCCCCCC(NCCC)c1cc(Cl)sc1Cl. The third kappa shape index (κ3) is 7.88. The molecule has 0 aliphatic carbocycles. The maximum atomic E-state index is 6.31. The van der Waals surface area contributed by atoms with Gasteiger partial charge < -0.3 is 5.32 Å². The van der Waals surface area contributed by atoms with Gasteiger partial charge in [0.2, 0.25) is 0 Å². The highest BCUT2D eigenvalue weighted by atomic mass is 35.5. The maximum absolute atomic E-state index is 6.31. The lowest BCUT2D eigenvalue weighted by Crippen LogP contribution is -2.22. The van der Waals surface area contributed by atoms with Crippen molar-refractivity contribution in [2.24, 2.45) is 0 Å². The smallest absolute Gasteiger partial charge is 0.0991 e. The van der Waals surface area contributed by atoms with Gasteiger partial charge in [-0.05, 0) is 25.5 Å². The summed E-state index contributed by atoms with van der Waals surface area (Å²) in [6.45, 7) is 5.49. The van der Waals surface area contributed by atoms with E-state index in [0.717, 1.165) is 28.1 Å². The number of halogens is 2. The van der Waals surface area contributed by atoms with Crippen molar-refractivity contribution < 1.29 is 0 Å². The van der Waals surface area contributed by atoms with Crippen molar-refractivity contribution in [2.75, 3.05) is 6.54 Å². The van der Waals surface area contributed by atoms with E-state index in [1.165, 1.54) is 61.8 Å². The standard InChI is InChI=1S/C17H29Cl2NS/c1-3-5-6-7-8-9-10-11-15(20-12-4-2)14-13-16(18)21-17(14)19/h13,15,20H,3-12H2,1-2H3. The lowest BCUT2D eigenvalue weighted by molar-refractivity contribution is 0.466. The fourth-order valence-corrected chi connectivity index (χ4v) is 4.16. The summed E-state index contributed by atoms with van der Waals surface area (Å²) >= 11 is 13.9. The Balaban J connectivity index is 2.35. The number of rotatable bonds is 12. The molecule has 0 spiro atoms. The lowest BCUT2D eigenvalue weighted by atomic mass is 10.0. The Morgan fingerprint density at radius 1 is 1.00 bits per heavy atom. The summed E-state index contributed by atoms with van der Waals surface area (Å²) in [6.07, 6.45) is 11.7. The van der Waals surface area contributed by atoms with Crippen molar-refractivity contribution >= 4 is 34.5 Å². The van der Waals surface area contributed by atoms with Gasteiger partial charge in [0.25, 0.3) is 0 Å². The molecule has 1 N–H and O–H groups in total. The predicted molar refractivity (Wildman–Crippen MR) is 98.0 cm³/mol. The second-order valence-corrected chi connectivity index (χ2v) is 7.98. The minimum Gasteiger partial charge on any atom is -0.310 e. The Morgan fingerprint density at radius 2 is 1.67 bits per heavy atom. The first-order valence-corrected chi connectivity index (χ1v) is 9.94. The molecular weight excluding hydrogens is 321 g/mol. The predicted octanol–water partition coefficient (Wildman–Crippen LogP) is 7.24. The van der Waals surface area contributed by atoms with Gasteiger partial charge in [-0.3, -0.25) is 0 Å². The van der Waals surface area contributed by atoms with Crippen LogP contribution in [-0.2, 0) is 0 Å². The molecule has 1 aromatic heterocycles. The van der Waals surface area contributed by atoms with Crippen LogP contribution in [-0.4, -0.2) is 6.54 Å². The first kappa shape index (κ1) is 19.3. The van der Waals surface area contributed by atoms with Crippen LogP contribution in [0, 0.1) is 0 Å². The molecule has 1 atom stereocenters. The molecule has 1 aromatic rings. The van der Waals surface area contributed by atoms with Gasteiger partial charge in [0.1, 0.15) is 0 Å². The van der Waals surface area contributed by atoms with Crippen molar-refractivity contribution in [3.05, 3.63) is 20.3 Å². The molecule has 0 saturated heterocycles. The molecule has 4 heteroatoms. The third-order valence-electron chi connectivity index (χ3n) is 3.80. The van der Waals surface area contributed by atoms with Crippen LogP contribution in [0.4, 0.5) is 0 Å². The Hall–Kier alpha value is 0.240. The van der Waals surface area contributed by atoms with Crippen LogP contribution in [0.1, 0.15) is 83.2 Å². The number of unbranched alkanes of at least 4 members (excludes halogenated alkanes) is 6. The molecule has 21 heavy (non-hydrogen) atoms. The molecule has 0 aromatic carbocycles. The molecule has 0 fully saturated rings. The summed E-state index contributed by atoms with van der Waals surface area (Å²) in [5.41, 5.74) is 1.19. The average Bonchev–Trinajstić information content (AvgIpc) is 2.80. The number of nitrogens with one attached hydrogen (secondary N) is 1. The van der Waals surface area contributed by atoms with Gasteiger partial charge in [-0.25, -0.2) is 0 Å². The first-order valence-electron chi connectivity index (χ1n) is 8.37. The highest BCUT2D eigenvalue weighted by molar-refractivity contribution is 7.20. The average molecular weight is 350 g/mol. The van der Waals surface area contributed by atoms with Crippen LogP contribution in [0.15, 0.2) is 6.07 Å². The van der Waals surface area contributed by atoms with Crippen LogP contribution < -0.4 is 5.32 Å². The summed E-state index contributed by atoms with van der Waals surface area (Å²) in [4.78, 5) is 0. The molecule has 0 radical (unpaired) electrons. The molecular formula is C17H29Cl2NS. The van der Waals surface area contributed by atoms with Gasteiger partial charge in [0.15, 0.2) is 0 Å². The quantitative estimate of drug-likeness (QED) is 0.392. The molecule has 1 nitrogen and oxygen atoms in total. The van der Waals surface area contributed by atoms with E-state index in [9.17, 15) is 0 Å². The van der Waals surface area contributed by atoms with E-state index in [2.05, 4.69) is 19.2 Å². The second kappa shape index (κ2) is 11.8. The summed E-state index contributed by atoms with van der Waals surface area (Å²) in [6, 6.07) is 2.39. The summed E-state index contributed by atoms with van der Waals surface area (Å²) in [7, 11) is 0. The molecule has 1 heterocycles. The molecule has 0 saturated carbocycles. The van der Waals surface area contributed by atoms with Crippen LogP contribution in [0.2, 0.25) is 8.67 Å². The van der Waals surface area contributed by atoms with E-state index in [1.54, 1.807) is 0 Å². The van der Waals surface area contributed by atoms with Crippen LogP contribution in [0.25, 0.3) is 0 Å². The minimum atomic E-state index is 0.358. The van der Waals surface area contributed by atoms with E-state index in [-0.39, 0.29) is 0 Å². The fraction of sp³-hybridized carbons (Fsp3) is 0.765. The highest BCUT2D eigenvalue weighted by Crippen LogP contribution is 2.36. The molecule has 0 aliphatic rings. The summed E-state index contributed by atoms with van der Waals surface area (Å²) in [5, 5.41) is 3.61. The number of hydrogen-bond donors (Lipinski definition) is 1. The third-order valence-corrected chi connectivity index (χ3v) is 5.31. The fourth-order valence-electron chi connectivity index (χ4n) is 2.58. The molecule has 122 valence electrons. The van der Waals surface area contributed by atoms with E-state index in [1.807, 2.05) is 6.07 Å². The monoisotopic (exact) mass is 349 g/mol. The Labute approximate surface area is 144 Å². The van der Waals surface area contributed by atoms with Crippen molar-refractivity contribution in [1.29, 1.82) is 0 Å². The van der Waals surface area contributed by atoms with E-state index in [4.69, 9.17) is 23.2 Å². The number of hydrogen-bond acceptors (Lipinski definition) is 2. The van der Waals surface area contributed by atoms with E-state index >= 15 is 0 Å². The summed E-state index contributed by atoms with van der Waals surface area (Å²) in [5.74, 6) is 0. The number of thiophene rings is 1. The van der Waals surface area contributed by atoms with Gasteiger partial charge >= 0.3 is 0 Å². The van der Waals surface area contributed by atoms with Crippen LogP contribution >= 0.6 is 34.5 Å². The van der Waals surface area contributed by atoms with Crippen LogP contribution in [0.3, 0.4) is 0 Å². The minimum absolute atomic E-state index is 0.358. The van der Waals surface area contributed by atoms with Gasteiger partial charge in [-0.15, -0.1) is 11.3 Å². The topological polar surface area (TPSA) is 12.0 Å². The molecule has 1 rings (SSSR count). The Morgan fingerprint density at radius 3 is 2.24 bits per heavy atom. The van der Waals surface area contributed by atoms with Gasteiger partial charge in [0, 0.05) is 11.6 Å². The molecule has 0 bridgehead atoms. The normalized spacial score (nSPS) is 12.8. The van der Waals surface area contributed by atoms with Gasteiger partial charge in [-0.2, -0.15) is 0 Å². The zero-order chi connectivity index (χ0) is 15.5. The zero-order valence-corrected chi connectivity index (χ0v) is 15.7.